The van der Waals surface area contributed by atoms with Crippen molar-refractivity contribution in [3.8, 4) is 0 Å². The quantitative estimate of drug-likeness (QED) is 0.916. The SMILES string of the molecule is CN(C)c1ccc(CNS(=O)(=O)c2cnccc2Cl)cc1. The summed E-state index contributed by atoms with van der Waals surface area (Å²) in [4.78, 5) is 5.75. The summed E-state index contributed by atoms with van der Waals surface area (Å²) in [5, 5.41) is 0.153. The van der Waals surface area contributed by atoms with Gasteiger partial charge >= 0.3 is 0 Å². The van der Waals surface area contributed by atoms with Gasteiger partial charge in [-0.05, 0) is 23.8 Å². The highest BCUT2D eigenvalue weighted by Gasteiger charge is 2.17. The standard InChI is InChI=1S/C14H16ClN3O2S/c1-18(2)12-5-3-11(4-6-12)9-17-21(19,20)14-10-16-8-7-13(14)15/h3-8,10,17H,9H2,1-2H3. The summed E-state index contributed by atoms with van der Waals surface area (Å²) < 4.78 is 26.8. The van der Waals surface area contributed by atoms with Crippen molar-refractivity contribution in [2.45, 2.75) is 11.4 Å². The Balaban J connectivity index is 2.10. The van der Waals surface area contributed by atoms with Gasteiger partial charge in [-0.15, -0.1) is 0 Å². The van der Waals surface area contributed by atoms with Crippen LogP contribution in [0.2, 0.25) is 5.02 Å². The zero-order valence-electron chi connectivity index (χ0n) is 11.7. The molecule has 0 unspecified atom stereocenters. The van der Waals surface area contributed by atoms with E-state index in [4.69, 9.17) is 11.6 Å². The predicted octanol–water partition coefficient (Wildman–Crippen LogP) is 2.28. The maximum absolute atomic E-state index is 12.2. The van der Waals surface area contributed by atoms with Crippen LogP contribution in [0.1, 0.15) is 5.56 Å². The lowest BCUT2D eigenvalue weighted by atomic mass is 10.2. The number of benzene rings is 1. The molecule has 0 radical (unpaired) electrons. The monoisotopic (exact) mass is 325 g/mol. The Morgan fingerprint density at radius 1 is 1.19 bits per heavy atom. The summed E-state index contributed by atoms with van der Waals surface area (Å²) in [6, 6.07) is 9.06. The van der Waals surface area contributed by atoms with Crippen molar-refractivity contribution in [2.75, 3.05) is 19.0 Å². The Labute approximate surface area is 129 Å². The third-order valence-electron chi connectivity index (χ3n) is 2.94. The second-order valence-corrected chi connectivity index (χ2v) is 6.83. The highest BCUT2D eigenvalue weighted by Crippen LogP contribution is 2.19. The van der Waals surface area contributed by atoms with Crippen LogP contribution in [0.3, 0.4) is 0 Å². The van der Waals surface area contributed by atoms with Crippen molar-refractivity contribution >= 4 is 27.3 Å². The molecule has 0 atom stereocenters. The summed E-state index contributed by atoms with van der Waals surface area (Å²) in [5.41, 5.74) is 1.92. The number of hydrogen-bond donors (Lipinski definition) is 1. The van der Waals surface area contributed by atoms with Crippen molar-refractivity contribution in [1.82, 2.24) is 9.71 Å². The summed E-state index contributed by atoms with van der Waals surface area (Å²) in [7, 11) is 0.223. The van der Waals surface area contributed by atoms with Crippen LogP contribution in [0.25, 0.3) is 0 Å². The average Bonchev–Trinajstić information content (AvgIpc) is 2.46. The first-order chi connectivity index (χ1) is 9.90. The molecule has 112 valence electrons. The largest absolute Gasteiger partial charge is 0.378 e. The number of hydrogen-bond acceptors (Lipinski definition) is 4. The lowest BCUT2D eigenvalue weighted by Crippen LogP contribution is -2.23. The molecular formula is C14H16ClN3O2S. The number of aromatic nitrogens is 1. The van der Waals surface area contributed by atoms with Crippen molar-refractivity contribution in [3.05, 3.63) is 53.3 Å². The molecule has 0 fully saturated rings. The number of nitrogens with one attached hydrogen (secondary N) is 1. The number of pyridine rings is 1. The van der Waals surface area contributed by atoms with Gasteiger partial charge in [0, 0.05) is 38.7 Å². The van der Waals surface area contributed by atoms with E-state index in [0.717, 1.165) is 11.3 Å². The molecule has 1 N–H and O–H groups in total. The highest BCUT2D eigenvalue weighted by atomic mass is 35.5. The summed E-state index contributed by atoms with van der Waals surface area (Å²) in [6.45, 7) is 0.196. The number of sulfonamides is 1. The third-order valence-corrected chi connectivity index (χ3v) is 4.81. The lowest BCUT2D eigenvalue weighted by molar-refractivity contribution is 0.581. The first-order valence-corrected chi connectivity index (χ1v) is 8.12. The zero-order valence-corrected chi connectivity index (χ0v) is 13.3. The van der Waals surface area contributed by atoms with Crippen molar-refractivity contribution in [1.29, 1.82) is 0 Å². The highest BCUT2D eigenvalue weighted by molar-refractivity contribution is 7.89. The van der Waals surface area contributed by atoms with Crippen LogP contribution in [0, 0.1) is 0 Å². The van der Waals surface area contributed by atoms with Crippen LogP contribution in [0.5, 0.6) is 0 Å². The van der Waals surface area contributed by atoms with E-state index in [2.05, 4.69) is 9.71 Å². The first kappa shape index (κ1) is 15.8. The van der Waals surface area contributed by atoms with Gasteiger partial charge in [-0.25, -0.2) is 13.1 Å². The smallest absolute Gasteiger partial charge is 0.243 e. The van der Waals surface area contributed by atoms with Crippen molar-refractivity contribution in [3.63, 3.8) is 0 Å². The molecule has 0 aliphatic heterocycles. The Morgan fingerprint density at radius 2 is 1.86 bits per heavy atom. The van der Waals surface area contributed by atoms with E-state index >= 15 is 0 Å². The van der Waals surface area contributed by atoms with Crippen LogP contribution >= 0.6 is 11.6 Å². The molecule has 0 aliphatic rings. The Hall–Kier alpha value is -1.63. The summed E-state index contributed by atoms with van der Waals surface area (Å²) in [5.74, 6) is 0. The van der Waals surface area contributed by atoms with Gasteiger partial charge in [0.05, 0.1) is 5.02 Å². The fourth-order valence-corrected chi connectivity index (χ4v) is 3.18. The molecule has 0 saturated carbocycles. The molecule has 0 spiro atoms. The predicted molar refractivity (Wildman–Crippen MR) is 84.0 cm³/mol. The molecule has 0 saturated heterocycles. The van der Waals surface area contributed by atoms with Gasteiger partial charge in [0.2, 0.25) is 10.0 Å². The van der Waals surface area contributed by atoms with E-state index in [1.165, 1.54) is 18.5 Å². The topological polar surface area (TPSA) is 62.3 Å². The lowest BCUT2D eigenvalue weighted by Gasteiger charge is -2.13. The minimum absolute atomic E-state index is 0.0171. The van der Waals surface area contributed by atoms with E-state index in [0.29, 0.717) is 0 Å². The van der Waals surface area contributed by atoms with Crippen LogP contribution in [0.4, 0.5) is 5.69 Å². The van der Waals surface area contributed by atoms with Gasteiger partial charge < -0.3 is 4.90 Å². The second-order valence-electron chi connectivity index (χ2n) is 4.69. The number of anilines is 1. The van der Waals surface area contributed by atoms with Gasteiger partial charge in [0.15, 0.2) is 0 Å². The van der Waals surface area contributed by atoms with Crippen LogP contribution in [0.15, 0.2) is 47.6 Å². The normalized spacial score (nSPS) is 11.4. The van der Waals surface area contributed by atoms with E-state index < -0.39 is 10.0 Å². The number of rotatable bonds is 5. The maximum atomic E-state index is 12.2. The molecule has 5 nitrogen and oxygen atoms in total. The van der Waals surface area contributed by atoms with E-state index in [-0.39, 0.29) is 16.5 Å². The molecule has 7 heteroatoms. The van der Waals surface area contributed by atoms with Gasteiger partial charge in [-0.2, -0.15) is 0 Å². The van der Waals surface area contributed by atoms with E-state index in [1.807, 2.05) is 43.3 Å². The Morgan fingerprint density at radius 3 is 2.43 bits per heavy atom. The van der Waals surface area contributed by atoms with Crippen molar-refractivity contribution in [2.24, 2.45) is 0 Å². The van der Waals surface area contributed by atoms with Gasteiger partial charge in [-0.3, -0.25) is 4.98 Å². The van der Waals surface area contributed by atoms with Crippen molar-refractivity contribution < 1.29 is 8.42 Å². The fourth-order valence-electron chi connectivity index (χ4n) is 1.73. The molecule has 0 amide bonds. The van der Waals surface area contributed by atoms with E-state index in [1.54, 1.807) is 0 Å². The molecule has 2 aromatic rings. The van der Waals surface area contributed by atoms with E-state index in [9.17, 15) is 8.42 Å². The van der Waals surface area contributed by atoms with Gasteiger partial charge in [-0.1, -0.05) is 23.7 Å². The molecule has 1 aromatic carbocycles. The fraction of sp³-hybridized carbons (Fsp3) is 0.214. The minimum atomic E-state index is -3.67. The molecule has 21 heavy (non-hydrogen) atoms. The van der Waals surface area contributed by atoms with Crippen LogP contribution in [-0.2, 0) is 16.6 Å². The molecule has 0 aliphatic carbocycles. The zero-order chi connectivity index (χ0) is 15.5. The first-order valence-electron chi connectivity index (χ1n) is 6.25. The molecule has 2 rings (SSSR count). The minimum Gasteiger partial charge on any atom is -0.378 e. The third kappa shape index (κ3) is 3.93. The summed E-state index contributed by atoms with van der Waals surface area (Å²) in [6.07, 6.45) is 2.68. The molecule has 1 aromatic heterocycles. The molecule has 0 bridgehead atoms. The van der Waals surface area contributed by atoms with Gasteiger partial charge in [0.25, 0.3) is 0 Å². The number of nitrogens with zero attached hydrogens (tertiary/aromatic N) is 2. The molecule has 1 heterocycles. The Kier molecular flexibility index (Phi) is 4.82. The maximum Gasteiger partial charge on any atom is 0.243 e. The average molecular weight is 326 g/mol. The van der Waals surface area contributed by atoms with Crippen LogP contribution in [-0.4, -0.2) is 27.5 Å². The number of halogens is 1. The van der Waals surface area contributed by atoms with Crippen LogP contribution < -0.4 is 9.62 Å². The van der Waals surface area contributed by atoms with Gasteiger partial charge in [0.1, 0.15) is 4.90 Å². The summed E-state index contributed by atoms with van der Waals surface area (Å²) >= 11 is 5.88. The second kappa shape index (κ2) is 6.43. The Bertz CT molecular complexity index is 715. The molecular weight excluding hydrogens is 310 g/mol.